The highest BCUT2D eigenvalue weighted by molar-refractivity contribution is 6.31. The number of rotatable bonds is 8. The lowest BCUT2D eigenvalue weighted by atomic mass is 9.86. The van der Waals surface area contributed by atoms with Crippen molar-refractivity contribution < 1.29 is 23.9 Å². The molecule has 6 heterocycles. The summed E-state index contributed by atoms with van der Waals surface area (Å²) in [6, 6.07) is 16.5. The summed E-state index contributed by atoms with van der Waals surface area (Å²) in [7, 11) is 0. The third-order valence-corrected chi connectivity index (χ3v) is 13.0. The summed E-state index contributed by atoms with van der Waals surface area (Å²) in [5, 5.41) is 20.9. The van der Waals surface area contributed by atoms with Gasteiger partial charge in [0.2, 0.25) is 11.8 Å². The number of amides is 4. The van der Waals surface area contributed by atoms with E-state index in [-0.39, 0.29) is 36.2 Å². The average molecular weight is 778 g/mol. The van der Waals surface area contributed by atoms with Crippen LogP contribution in [0.15, 0.2) is 48.5 Å². The Balaban J connectivity index is 0.716. The van der Waals surface area contributed by atoms with E-state index in [1.165, 1.54) is 0 Å². The van der Waals surface area contributed by atoms with Gasteiger partial charge in [0.15, 0.2) is 11.6 Å². The minimum absolute atomic E-state index is 0.0210. The van der Waals surface area contributed by atoms with Crippen LogP contribution >= 0.6 is 11.6 Å². The van der Waals surface area contributed by atoms with Crippen molar-refractivity contribution in [3.63, 3.8) is 0 Å². The number of nitrogens with zero attached hydrogens (tertiary/aromatic N) is 8. The highest BCUT2D eigenvalue weighted by atomic mass is 35.5. The lowest BCUT2D eigenvalue weighted by molar-refractivity contribution is -0.137. The van der Waals surface area contributed by atoms with Crippen LogP contribution in [0.25, 0.3) is 0 Å². The van der Waals surface area contributed by atoms with E-state index in [1.54, 1.807) is 28.0 Å². The van der Waals surface area contributed by atoms with E-state index in [1.807, 2.05) is 24.3 Å². The van der Waals surface area contributed by atoms with Gasteiger partial charge in [0.1, 0.15) is 23.4 Å². The number of carbonyl (C=O) groups excluding carboxylic acids is 4. The molecule has 2 aromatic carbocycles. The predicted octanol–water partition coefficient (Wildman–Crippen LogP) is 3.91. The molecule has 3 aromatic rings. The van der Waals surface area contributed by atoms with Crippen LogP contribution in [0.3, 0.4) is 0 Å². The van der Waals surface area contributed by atoms with Gasteiger partial charge >= 0.3 is 0 Å². The number of imide groups is 1. The number of piperidine rings is 2. The van der Waals surface area contributed by atoms with Gasteiger partial charge in [-0.15, -0.1) is 10.2 Å². The monoisotopic (exact) mass is 777 g/mol. The first kappa shape index (κ1) is 36.4. The van der Waals surface area contributed by atoms with Crippen LogP contribution in [-0.2, 0) is 20.9 Å². The lowest BCUT2D eigenvalue weighted by Crippen LogP contribution is -2.52. The smallest absolute Gasteiger partial charge is 0.255 e. The van der Waals surface area contributed by atoms with Crippen molar-refractivity contribution in [3.8, 4) is 11.8 Å². The van der Waals surface area contributed by atoms with Crippen LogP contribution in [-0.4, -0.2) is 107 Å². The van der Waals surface area contributed by atoms with E-state index in [0.717, 1.165) is 88.6 Å². The molecule has 5 fully saturated rings. The Morgan fingerprint density at radius 1 is 0.857 bits per heavy atom. The first-order chi connectivity index (χ1) is 27.2. The standard InChI is InChI=1S/C41H44ClN9O5/c42-33-22-31(4-2-27(33)23-43)56-30-9-13-41(14-10-30)40(55)51(41)36-7-6-35(45-46-36)49-15-11-26(12-16-49)24-47-17-19-48(20-18-47)29-3-1-28-25-50(39(54)32(28)21-29)34-5-8-37(52)44-38(34)53/h1-4,6-7,21-22,26,30,34H,5,8-20,24-25H2,(H,44,52,53)/t30-,34?,41+,51?. The minimum Gasteiger partial charge on any atom is -0.490 e. The van der Waals surface area contributed by atoms with Crippen molar-refractivity contribution in [2.24, 2.45) is 5.92 Å². The molecule has 0 radical (unpaired) electrons. The van der Waals surface area contributed by atoms with Crippen LogP contribution in [0.1, 0.15) is 72.9 Å². The molecule has 6 aliphatic rings. The predicted molar refractivity (Wildman–Crippen MR) is 207 cm³/mol. The quantitative estimate of drug-likeness (QED) is 0.262. The number of nitriles is 1. The van der Waals surface area contributed by atoms with Gasteiger partial charge in [0, 0.05) is 76.1 Å². The van der Waals surface area contributed by atoms with Gasteiger partial charge in [0.05, 0.1) is 16.7 Å². The zero-order valence-corrected chi connectivity index (χ0v) is 31.9. The van der Waals surface area contributed by atoms with E-state index in [4.69, 9.17) is 21.6 Å². The fourth-order valence-corrected chi connectivity index (χ4v) is 9.55. The van der Waals surface area contributed by atoms with Gasteiger partial charge in [-0.25, -0.2) is 0 Å². The highest BCUT2D eigenvalue weighted by Gasteiger charge is 2.64. The number of hydrogen-bond donors (Lipinski definition) is 1. The summed E-state index contributed by atoms with van der Waals surface area (Å²) in [5.41, 5.74) is 2.50. The Labute approximate surface area is 330 Å². The number of benzene rings is 2. The number of anilines is 3. The second-order valence-electron chi connectivity index (χ2n) is 16.0. The Kier molecular flexibility index (Phi) is 9.53. The number of hydrogen-bond acceptors (Lipinski definition) is 11. The number of halogens is 1. The molecule has 1 atom stereocenters. The van der Waals surface area contributed by atoms with Crippen LogP contribution in [0.4, 0.5) is 17.3 Å². The molecule has 4 amide bonds. The summed E-state index contributed by atoms with van der Waals surface area (Å²) >= 11 is 6.18. The summed E-state index contributed by atoms with van der Waals surface area (Å²) in [5.74, 6) is 1.97. The molecule has 1 unspecified atom stereocenters. The first-order valence-corrected chi connectivity index (χ1v) is 20.1. The molecule has 5 aliphatic heterocycles. The Morgan fingerprint density at radius 2 is 1.61 bits per heavy atom. The number of piperazine rings is 1. The maximum absolute atomic E-state index is 13.3. The summed E-state index contributed by atoms with van der Waals surface area (Å²) < 4.78 is 6.14. The van der Waals surface area contributed by atoms with E-state index >= 15 is 0 Å². The molecular weight excluding hydrogens is 734 g/mol. The molecule has 1 N–H and O–H groups in total. The molecule has 290 valence electrons. The van der Waals surface area contributed by atoms with Crippen LogP contribution in [0.2, 0.25) is 5.02 Å². The highest BCUT2D eigenvalue weighted by Crippen LogP contribution is 2.49. The normalized spacial score (nSPS) is 25.7. The Bertz CT molecular complexity index is 2100. The Hall–Kier alpha value is -5.26. The molecule has 0 bridgehead atoms. The number of carbonyl (C=O) groups is 4. The molecule has 1 aliphatic carbocycles. The Morgan fingerprint density at radius 3 is 2.30 bits per heavy atom. The molecule has 1 spiro atoms. The van der Waals surface area contributed by atoms with Crippen LogP contribution < -0.4 is 24.8 Å². The topological polar surface area (TPSA) is 155 Å². The van der Waals surface area contributed by atoms with Crippen LogP contribution in [0.5, 0.6) is 5.75 Å². The SMILES string of the molecule is N#Cc1ccc(O[C@H]2CC[C@@]3(CC2)C(=O)N3c2ccc(N3CCC(CN4CCN(c5ccc6c(c5)C(=O)N(C5CCC(=O)NC5=O)C6)CC4)CC3)nn2)cc1Cl. The largest absolute Gasteiger partial charge is 0.490 e. The molecule has 15 heteroatoms. The molecular formula is C41H44ClN9O5. The zero-order valence-electron chi connectivity index (χ0n) is 31.2. The summed E-state index contributed by atoms with van der Waals surface area (Å²) in [6.07, 6.45) is 5.59. The second kappa shape index (κ2) is 14.7. The number of ether oxygens (including phenoxy) is 1. The van der Waals surface area contributed by atoms with Gasteiger partial charge < -0.3 is 19.4 Å². The van der Waals surface area contributed by atoms with Gasteiger partial charge in [-0.1, -0.05) is 17.7 Å². The van der Waals surface area contributed by atoms with Gasteiger partial charge in [-0.3, -0.25) is 34.3 Å². The van der Waals surface area contributed by atoms with Crippen molar-refractivity contribution in [1.29, 1.82) is 5.26 Å². The van der Waals surface area contributed by atoms with E-state index in [0.29, 0.717) is 59.4 Å². The fraction of sp³-hybridized carbons (Fsp3) is 0.488. The molecule has 1 aromatic heterocycles. The van der Waals surface area contributed by atoms with E-state index in [2.05, 4.69) is 42.3 Å². The van der Waals surface area contributed by atoms with Crippen molar-refractivity contribution in [2.75, 3.05) is 60.5 Å². The lowest BCUT2D eigenvalue weighted by Gasteiger charge is -2.39. The molecule has 4 saturated heterocycles. The van der Waals surface area contributed by atoms with Gasteiger partial charge in [0.25, 0.3) is 11.8 Å². The first-order valence-electron chi connectivity index (χ1n) is 19.7. The van der Waals surface area contributed by atoms with Gasteiger partial charge in [-0.2, -0.15) is 5.26 Å². The van der Waals surface area contributed by atoms with Crippen molar-refractivity contribution in [2.45, 2.75) is 75.6 Å². The summed E-state index contributed by atoms with van der Waals surface area (Å²) in [4.78, 5) is 61.1. The molecule has 56 heavy (non-hydrogen) atoms. The number of aromatic nitrogens is 2. The maximum atomic E-state index is 13.3. The van der Waals surface area contributed by atoms with Crippen molar-refractivity contribution in [1.82, 2.24) is 25.3 Å². The number of fused-ring (bicyclic) bond motifs is 1. The summed E-state index contributed by atoms with van der Waals surface area (Å²) in [6.45, 7) is 6.95. The minimum atomic E-state index is -0.603. The maximum Gasteiger partial charge on any atom is 0.255 e. The van der Waals surface area contributed by atoms with Crippen LogP contribution in [0, 0.1) is 17.2 Å². The number of nitrogens with one attached hydrogen (secondary N) is 1. The van der Waals surface area contributed by atoms with Crippen molar-refractivity contribution >= 4 is 52.6 Å². The van der Waals surface area contributed by atoms with E-state index in [9.17, 15) is 19.2 Å². The molecule has 14 nitrogen and oxygen atoms in total. The van der Waals surface area contributed by atoms with Crippen molar-refractivity contribution in [3.05, 3.63) is 70.2 Å². The third-order valence-electron chi connectivity index (χ3n) is 12.7. The zero-order chi connectivity index (χ0) is 38.6. The second-order valence-corrected chi connectivity index (χ2v) is 16.4. The third kappa shape index (κ3) is 6.81. The molecule has 1 saturated carbocycles. The van der Waals surface area contributed by atoms with Gasteiger partial charge in [-0.05, 0) is 92.8 Å². The average Bonchev–Trinajstić information content (AvgIpc) is 3.63. The fourth-order valence-electron chi connectivity index (χ4n) is 9.34. The molecule has 9 rings (SSSR count). The van der Waals surface area contributed by atoms with E-state index < -0.39 is 11.6 Å².